The predicted octanol–water partition coefficient (Wildman–Crippen LogP) is 0.202. The molecule has 0 saturated carbocycles. The number of esters is 2. The van der Waals surface area contributed by atoms with Gasteiger partial charge in [-0.1, -0.05) is 6.92 Å². The number of methoxy groups -OCH3 is 1. The molecule has 1 aliphatic heterocycles. The van der Waals surface area contributed by atoms with Gasteiger partial charge >= 0.3 is 11.9 Å². The van der Waals surface area contributed by atoms with Crippen LogP contribution >= 0.6 is 0 Å². The highest BCUT2D eigenvalue weighted by Gasteiger charge is 2.37. The summed E-state index contributed by atoms with van der Waals surface area (Å²) in [4.78, 5) is 25.4. The van der Waals surface area contributed by atoms with Gasteiger partial charge < -0.3 is 14.2 Å². The highest BCUT2D eigenvalue weighted by molar-refractivity contribution is 5.79. The third kappa shape index (κ3) is 3.43. The van der Waals surface area contributed by atoms with Crippen LogP contribution in [0.4, 0.5) is 0 Å². The van der Waals surface area contributed by atoms with Gasteiger partial charge in [-0.05, 0) is 13.3 Å². The van der Waals surface area contributed by atoms with E-state index in [1.165, 1.54) is 7.11 Å². The lowest BCUT2D eigenvalue weighted by Gasteiger charge is -2.37. The van der Waals surface area contributed by atoms with E-state index in [-0.39, 0.29) is 18.5 Å². The van der Waals surface area contributed by atoms with Crippen LogP contribution in [0.5, 0.6) is 0 Å². The summed E-state index contributed by atoms with van der Waals surface area (Å²) in [5.74, 6) is -0.673. The second-order valence-corrected chi connectivity index (χ2v) is 4.03. The van der Waals surface area contributed by atoms with Gasteiger partial charge in [-0.25, -0.2) is 0 Å². The molecule has 0 bridgehead atoms. The first-order valence-corrected chi connectivity index (χ1v) is 6.23. The molecule has 0 spiro atoms. The number of carbonyl (C=O) groups excluding carboxylic acids is 2. The van der Waals surface area contributed by atoms with E-state index in [1.54, 1.807) is 6.92 Å². The van der Waals surface area contributed by atoms with Crippen LogP contribution in [0.3, 0.4) is 0 Å². The zero-order valence-electron chi connectivity index (χ0n) is 11.2. The van der Waals surface area contributed by atoms with E-state index in [9.17, 15) is 9.59 Å². The average molecular weight is 259 g/mol. The van der Waals surface area contributed by atoms with Gasteiger partial charge in [-0.15, -0.1) is 0 Å². The van der Waals surface area contributed by atoms with E-state index in [1.807, 2.05) is 11.8 Å². The van der Waals surface area contributed by atoms with Crippen molar-refractivity contribution in [3.05, 3.63) is 0 Å². The molecular formula is C12H21NO5. The van der Waals surface area contributed by atoms with Crippen molar-refractivity contribution in [1.82, 2.24) is 4.90 Å². The molecule has 1 rings (SSSR count). The van der Waals surface area contributed by atoms with Gasteiger partial charge in [0.25, 0.3) is 0 Å². The minimum absolute atomic E-state index is 0.253. The lowest BCUT2D eigenvalue weighted by atomic mass is 10.1. The number of morpholine rings is 1. The second-order valence-electron chi connectivity index (χ2n) is 4.03. The van der Waals surface area contributed by atoms with E-state index in [0.717, 1.165) is 0 Å². The Hall–Kier alpha value is -1.14. The number of hydrogen-bond donors (Lipinski definition) is 0. The smallest absolute Gasteiger partial charge is 0.325 e. The lowest BCUT2D eigenvalue weighted by Crippen LogP contribution is -2.57. The van der Waals surface area contributed by atoms with Crippen molar-refractivity contribution in [2.75, 3.05) is 33.5 Å². The quantitative estimate of drug-likeness (QED) is 0.657. The first-order valence-electron chi connectivity index (χ1n) is 6.23. The molecule has 0 radical (unpaired) electrons. The summed E-state index contributed by atoms with van der Waals surface area (Å²) in [5.41, 5.74) is 0. The topological polar surface area (TPSA) is 65.1 Å². The largest absolute Gasteiger partial charge is 0.468 e. The van der Waals surface area contributed by atoms with E-state index in [4.69, 9.17) is 14.2 Å². The first-order chi connectivity index (χ1) is 8.65. The van der Waals surface area contributed by atoms with Crippen LogP contribution in [-0.4, -0.2) is 62.4 Å². The number of ether oxygens (including phenoxy) is 3. The van der Waals surface area contributed by atoms with Crippen LogP contribution < -0.4 is 0 Å². The van der Waals surface area contributed by atoms with Crippen LogP contribution in [-0.2, 0) is 23.8 Å². The molecule has 0 amide bonds. The van der Waals surface area contributed by atoms with Gasteiger partial charge in [-0.2, -0.15) is 0 Å². The van der Waals surface area contributed by atoms with Gasteiger partial charge in [0.1, 0.15) is 12.1 Å². The maximum atomic E-state index is 11.9. The van der Waals surface area contributed by atoms with Crippen LogP contribution in [0, 0.1) is 0 Å². The van der Waals surface area contributed by atoms with Crippen molar-refractivity contribution in [2.45, 2.75) is 32.4 Å². The second kappa shape index (κ2) is 7.33. The Bertz CT molecular complexity index is 294. The van der Waals surface area contributed by atoms with E-state index in [0.29, 0.717) is 26.2 Å². The third-order valence-corrected chi connectivity index (χ3v) is 2.99. The van der Waals surface area contributed by atoms with Crippen molar-refractivity contribution in [3.63, 3.8) is 0 Å². The molecule has 2 atom stereocenters. The molecular weight excluding hydrogens is 238 g/mol. The molecule has 104 valence electrons. The molecule has 1 aliphatic rings. The molecule has 1 saturated heterocycles. The van der Waals surface area contributed by atoms with E-state index in [2.05, 4.69) is 0 Å². The maximum absolute atomic E-state index is 11.9. The summed E-state index contributed by atoms with van der Waals surface area (Å²) in [5, 5.41) is 0. The summed E-state index contributed by atoms with van der Waals surface area (Å²) < 4.78 is 15.1. The summed E-state index contributed by atoms with van der Waals surface area (Å²) in [7, 11) is 1.33. The van der Waals surface area contributed by atoms with Crippen molar-refractivity contribution in [1.29, 1.82) is 0 Å². The molecule has 1 fully saturated rings. The van der Waals surface area contributed by atoms with Gasteiger partial charge in [0.2, 0.25) is 0 Å². The normalized spacial score (nSPS) is 22.3. The number of hydrogen-bond acceptors (Lipinski definition) is 6. The highest BCUT2D eigenvalue weighted by Crippen LogP contribution is 2.16. The molecule has 0 aromatic heterocycles. The average Bonchev–Trinajstić information content (AvgIpc) is 2.39. The van der Waals surface area contributed by atoms with Crippen molar-refractivity contribution in [2.24, 2.45) is 0 Å². The highest BCUT2D eigenvalue weighted by atomic mass is 16.5. The van der Waals surface area contributed by atoms with Crippen molar-refractivity contribution >= 4 is 11.9 Å². The molecule has 0 aliphatic carbocycles. The predicted molar refractivity (Wildman–Crippen MR) is 64.0 cm³/mol. The Balaban J connectivity index is 2.79. The monoisotopic (exact) mass is 259 g/mol. The lowest BCUT2D eigenvalue weighted by molar-refractivity contribution is -0.163. The molecule has 0 aromatic carbocycles. The Kier molecular flexibility index (Phi) is 6.07. The van der Waals surface area contributed by atoms with Crippen LogP contribution in [0.25, 0.3) is 0 Å². The van der Waals surface area contributed by atoms with E-state index >= 15 is 0 Å². The van der Waals surface area contributed by atoms with Gasteiger partial charge in [0.15, 0.2) is 0 Å². The standard InChI is InChI=1S/C12H21NO5/c1-4-9(12(15)18-5-2)13-6-7-17-8-10(13)11(14)16-3/h9-10H,4-8H2,1-3H3. The molecule has 6 nitrogen and oxygen atoms in total. The number of carbonyl (C=O) groups is 2. The zero-order chi connectivity index (χ0) is 13.5. The minimum Gasteiger partial charge on any atom is -0.468 e. The molecule has 0 aromatic rings. The summed E-state index contributed by atoms with van der Waals surface area (Å²) in [6.45, 7) is 5.28. The third-order valence-electron chi connectivity index (χ3n) is 2.99. The molecule has 6 heteroatoms. The summed E-state index contributed by atoms with van der Waals surface area (Å²) in [6.07, 6.45) is 0.590. The zero-order valence-corrected chi connectivity index (χ0v) is 11.2. The van der Waals surface area contributed by atoms with Gasteiger partial charge in [0.05, 0.1) is 26.9 Å². The Morgan fingerprint density at radius 1 is 1.44 bits per heavy atom. The molecule has 18 heavy (non-hydrogen) atoms. The molecule has 1 heterocycles. The number of nitrogens with zero attached hydrogens (tertiary/aromatic N) is 1. The van der Waals surface area contributed by atoms with Gasteiger partial charge in [0, 0.05) is 6.54 Å². The van der Waals surface area contributed by atoms with Crippen LogP contribution in [0.2, 0.25) is 0 Å². The van der Waals surface area contributed by atoms with Crippen molar-refractivity contribution < 1.29 is 23.8 Å². The number of rotatable bonds is 5. The fourth-order valence-electron chi connectivity index (χ4n) is 2.10. The summed E-state index contributed by atoms with van der Waals surface area (Å²) >= 11 is 0. The Morgan fingerprint density at radius 2 is 2.17 bits per heavy atom. The Morgan fingerprint density at radius 3 is 2.72 bits per heavy atom. The fourth-order valence-corrected chi connectivity index (χ4v) is 2.10. The fraction of sp³-hybridized carbons (Fsp3) is 0.833. The SMILES string of the molecule is CCOC(=O)C(CC)N1CCOCC1C(=O)OC. The first kappa shape index (κ1) is 14.9. The molecule has 0 N–H and O–H groups in total. The molecule has 2 unspecified atom stereocenters. The minimum atomic E-state index is -0.530. The van der Waals surface area contributed by atoms with E-state index < -0.39 is 12.1 Å². The van der Waals surface area contributed by atoms with Crippen LogP contribution in [0.1, 0.15) is 20.3 Å². The van der Waals surface area contributed by atoms with Crippen LogP contribution in [0.15, 0.2) is 0 Å². The van der Waals surface area contributed by atoms with Crippen molar-refractivity contribution in [3.8, 4) is 0 Å². The Labute approximate surface area is 107 Å². The van der Waals surface area contributed by atoms with Gasteiger partial charge in [-0.3, -0.25) is 14.5 Å². The maximum Gasteiger partial charge on any atom is 0.325 e. The summed E-state index contributed by atoms with van der Waals surface area (Å²) in [6, 6.07) is -0.948.